The van der Waals surface area contributed by atoms with E-state index in [-0.39, 0.29) is 24.0 Å². The highest BCUT2D eigenvalue weighted by molar-refractivity contribution is 14.0. The molecule has 0 aliphatic heterocycles. The second-order valence-corrected chi connectivity index (χ2v) is 6.45. The third-order valence-electron chi connectivity index (χ3n) is 3.99. The van der Waals surface area contributed by atoms with Gasteiger partial charge < -0.3 is 10.2 Å². The van der Waals surface area contributed by atoms with Crippen LogP contribution < -0.4 is 5.32 Å². The lowest BCUT2D eigenvalue weighted by Gasteiger charge is -2.22. The van der Waals surface area contributed by atoms with Crippen LogP contribution in [0.4, 0.5) is 0 Å². The summed E-state index contributed by atoms with van der Waals surface area (Å²) >= 11 is 6.08. The van der Waals surface area contributed by atoms with Crippen LogP contribution in [0, 0.1) is 0 Å². The minimum absolute atomic E-state index is 0. The van der Waals surface area contributed by atoms with Crippen LogP contribution in [-0.4, -0.2) is 45.6 Å². The lowest BCUT2D eigenvalue weighted by molar-refractivity contribution is 0.477. The molecule has 144 valence electrons. The van der Waals surface area contributed by atoms with Crippen molar-refractivity contribution in [1.29, 1.82) is 0 Å². The topological polar surface area (TPSA) is 57.8 Å². The molecule has 0 aliphatic carbocycles. The maximum Gasteiger partial charge on any atom is 0.193 e. The highest BCUT2D eigenvalue weighted by Gasteiger charge is 2.08. The minimum atomic E-state index is 0. The van der Waals surface area contributed by atoms with Crippen molar-refractivity contribution in [2.45, 2.75) is 19.9 Å². The van der Waals surface area contributed by atoms with Crippen LogP contribution in [0.5, 0.6) is 0 Å². The van der Waals surface area contributed by atoms with Gasteiger partial charge in [0.1, 0.15) is 5.82 Å². The summed E-state index contributed by atoms with van der Waals surface area (Å²) in [4.78, 5) is 6.83. The second-order valence-electron chi connectivity index (χ2n) is 6.02. The molecule has 0 fully saturated rings. The average Bonchev–Trinajstić information content (AvgIpc) is 3.04. The van der Waals surface area contributed by atoms with Crippen molar-refractivity contribution < 1.29 is 0 Å². The Hall–Kier alpha value is -1.87. The Labute approximate surface area is 181 Å². The summed E-state index contributed by atoms with van der Waals surface area (Å²) in [5.41, 5.74) is 2.01. The molecule has 0 spiro atoms. The van der Waals surface area contributed by atoms with Crippen LogP contribution in [0.2, 0.25) is 5.02 Å². The standard InChI is InChI=1S/C19H23ClN6.HI/c1-3-21-19(25(2)14-15-7-6-8-16(20)13-15)22-11-10-18-24-23-17-9-4-5-12-26(17)18;/h4-9,12-13H,3,10-11,14H2,1-2H3,(H,21,22);1H. The van der Waals surface area contributed by atoms with Crippen LogP contribution in [0.3, 0.4) is 0 Å². The van der Waals surface area contributed by atoms with E-state index in [1.54, 1.807) is 0 Å². The number of nitrogens with one attached hydrogen (secondary N) is 1. The number of aromatic nitrogens is 3. The number of hydrogen-bond donors (Lipinski definition) is 1. The van der Waals surface area contributed by atoms with E-state index in [1.165, 1.54) is 0 Å². The van der Waals surface area contributed by atoms with Crippen molar-refractivity contribution >= 4 is 47.2 Å². The average molecular weight is 499 g/mol. The summed E-state index contributed by atoms with van der Waals surface area (Å²) in [5, 5.41) is 12.5. The van der Waals surface area contributed by atoms with Gasteiger partial charge >= 0.3 is 0 Å². The molecule has 1 N–H and O–H groups in total. The molecule has 6 nitrogen and oxygen atoms in total. The van der Waals surface area contributed by atoms with Gasteiger partial charge in [-0.3, -0.25) is 9.39 Å². The van der Waals surface area contributed by atoms with Gasteiger partial charge in [0, 0.05) is 44.3 Å². The zero-order valence-corrected chi connectivity index (χ0v) is 18.6. The number of rotatable bonds is 6. The van der Waals surface area contributed by atoms with E-state index in [9.17, 15) is 0 Å². The molecule has 3 aromatic rings. The highest BCUT2D eigenvalue weighted by atomic mass is 127. The van der Waals surface area contributed by atoms with Crippen molar-refractivity contribution in [2.24, 2.45) is 4.99 Å². The molecule has 0 saturated carbocycles. The maximum absolute atomic E-state index is 6.08. The van der Waals surface area contributed by atoms with E-state index < -0.39 is 0 Å². The number of hydrogen-bond acceptors (Lipinski definition) is 3. The monoisotopic (exact) mass is 498 g/mol. The number of benzene rings is 1. The molecule has 0 unspecified atom stereocenters. The molecule has 2 aromatic heterocycles. The first-order chi connectivity index (χ1) is 12.7. The van der Waals surface area contributed by atoms with Gasteiger partial charge in [0.2, 0.25) is 0 Å². The summed E-state index contributed by atoms with van der Waals surface area (Å²) < 4.78 is 2.00. The number of pyridine rings is 1. The number of guanidine groups is 1. The van der Waals surface area contributed by atoms with Crippen molar-refractivity contribution in [1.82, 2.24) is 24.8 Å². The predicted molar refractivity (Wildman–Crippen MR) is 121 cm³/mol. The lowest BCUT2D eigenvalue weighted by Crippen LogP contribution is -2.38. The van der Waals surface area contributed by atoms with Gasteiger partial charge in [0.05, 0.1) is 0 Å². The fourth-order valence-corrected chi connectivity index (χ4v) is 2.99. The first-order valence-corrected chi connectivity index (χ1v) is 9.07. The van der Waals surface area contributed by atoms with Gasteiger partial charge in [0.25, 0.3) is 0 Å². The number of nitrogens with zero attached hydrogens (tertiary/aromatic N) is 5. The van der Waals surface area contributed by atoms with Crippen molar-refractivity contribution in [3.63, 3.8) is 0 Å². The summed E-state index contributed by atoms with van der Waals surface area (Å²) in [6.45, 7) is 4.25. The van der Waals surface area contributed by atoms with Crippen molar-refractivity contribution in [2.75, 3.05) is 20.1 Å². The maximum atomic E-state index is 6.08. The molecule has 0 saturated heterocycles. The van der Waals surface area contributed by atoms with Crippen molar-refractivity contribution in [3.05, 3.63) is 65.1 Å². The number of halogens is 2. The van der Waals surface area contributed by atoms with Crippen LogP contribution >= 0.6 is 35.6 Å². The normalized spacial score (nSPS) is 11.3. The third kappa shape index (κ3) is 5.80. The van der Waals surface area contributed by atoms with Gasteiger partial charge in [-0.2, -0.15) is 0 Å². The quantitative estimate of drug-likeness (QED) is 0.320. The Morgan fingerprint density at radius 3 is 2.85 bits per heavy atom. The van der Waals surface area contributed by atoms with Crippen molar-refractivity contribution in [3.8, 4) is 0 Å². The molecule has 0 amide bonds. The number of fused-ring (bicyclic) bond motifs is 1. The van der Waals surface area contributed by atoms with E-state index in [0.29, 0.717) is 6.54 Å². The molecule has 27 heavy (non-hydrogen) atoms. The first kappa shape index (κ1) is 21.4. The highest BCUT2D eigenvalue weighted by Crippen LogP contribution is 2.12. The predicted octanol–water partition coefficient (Wildman–Crippen LogP) is 3.64. The Morgan fingerprint density at radius 2 is 2.07 bits per heavy atom. The van der Waals surface area contributed by atoms with E-state index in [1.807, 2.05) is 54.0 Å². The van der Waals surface area contributed by atoms with Gasteiger partial charge in [-0.1, -0.05) is 29.8 Å². The fraction of sp³-hybridized carbons (Fsp3) is 0.316. The number of aliphatic imine (C=N–C) groups is 1. The SMILES string of the molecule is CCNC(=NCCc1nnc2ccccn12)N(C)Cc1cccc(Cl)c1.I. The van der Waals surface area contributed by atoms with Crippen LogP contribution in [-0.2, 0) is 13.0 Å². The van der Waals surface area contributed by atoms with Gasteiger partial charge in [0.15, 0.2) is 11.6 Å². The fourth-order valence-electron chi connectivity index (χ4n) is 2.78. The molecular weight excluding hydrogens is 475 g/mol. The van der Waals surface area contributed by atoms with E-state index in [2.05, 4.69) is 33.4 Å². The summed E-state index contributed by atoms with van der Waals surface area (Å²) in [7, 11) is 2.02. The van der Waals surface area contributed by atoms with E-state index in [4.69, 9.17) is 16.6 Å². The Bertz CT molecular complexity index is 895. The Kier molecular flexibility index (Phi) is 8.30. The first-order valence-electron chi connectivity index (χ1n) is 8.70. The van der Waals surface area contributed by atoms with E-state index >= 15 is 0 Å². The summed E-state index contributed by atoms with van der Waals surface area (Å²) in [5.74, 6) is 1.78. The Balaban J connectivity index is 0.00000261. The zero-order chi connectivity index (χ0) is 18.4. The molecular formula is C19H24ClIN6. The third-order valence-corrected chi connectivity index (χ3v) is 4.22. The lowest BCUT2D eigenvalue weighted by atomic mass is 10.2. The van der Waals surface area contributed by atoms with Gasteiger partial charge in [-0.15, -0.1) is 34.2 Å². The van der Waals surface area contributed by atoms with Gasteiger partial charge in [-0.05, 0) is 36.8 Å². The molecule has 0 aliphatic rings. The molecule has 8 heteroatoms. The minimum Gasteiger partial charge on any atom is -0.357 e. The summed E-state index contributed by atoms with van der Waals surface area (Å²) in [6.07, 6.45) is 2.70. The van der Waals surface area contributed by atoms with Crippen LogP contribution in [0.25, 0.3) is 5.65 Å². The van der Waals surface area contributed by atoms with Gasteiger partial charge in [-0.25, -0.2) is 0 Å². The smallest absolute Gasteiger partial charge is 0.193 e. The molecule has 0 atom stereocenters. The van der Waals surface area contributed by atoms with Crippen LogP contribution in [0.1, 0.15) is 18.3 Å². The molecule has 1 aromatic carbocycles. The molecule has 2 heterocycles. The Morgan fingerprint density at radius 1 is 1.22 bits per heavy atom. The largest absolute Gasteiger partial charge is 0.357 e. The zero-order valence-electron chi connectivity index (χ0n) is 15.5. The second kappa shape index (κ2) is 10.5. The summed E-state index contributed by atoms with van der Waals surface area (Å²) in [6, 6.07) is 13.8. The molecule has 0 radical (unpaired) electrons. The van der Waals surface area contributed by atoms with E-state index in [0.717, 1.165) is 47.5 Å². The molecule has 3 rings (SSSR count). The molecule has 0 bridgehead atoms. The van der Waals surface area contributed by atoms with Crippen LogP contribution in [0.15, 0.2) is 53.7 Å².